The van der Waals surface area contributed by atoms with Crippen molar-refractivity contribution in [2.75, 3.05) is 13.1 Å². The number of hydrogen-bond acceptors (Lipinski definition) is 3. The Bertz CT molecular complexity index is 613. The second-order valence-corrected chi connectivity index (χ2v) is 6.91. The Morgan fingerprint density at radius 1 is 1.33 bits per heavy atom. The molecular weight excluding hydrogens is 306 g/mol. The summed E-state index contributed by atoms with van der Waals surface area (Å²) in [5, 5.41) is 9.63. The molecule has 132 valence electrons. The molecule has 1 aliphatic heterocycles. The van der Waals surface area contributed by atoms with Gasteiger partial charge in [-0.2, -0.15) is 0 Å². The Morgan fingerprint density at radius 3 is 2.50 bits per heavy atom. The third-order valence-electron chi connectivity index (χ3n) is 5.15. The van der Waals surface area contributed by atoms with Gasteiger partial charge >= 0.3 is 5.97 Å². The number of aliphatic carboxylic acids is 1. The van der Waals surface area contributed by atoms with Crippen LogP contribution in [-0.4, -0.2) is 41.1 Å². The van der Waals surface area contributed by atoms with E-state index in [4.69, 9.17) is 4.74 Å². The van der Waals surface area contributed by atoms with Crippen LogP contribution in [0.25, 0.3) is 0 Å². The molecule has 5 heteroatoms. The van der Waals surface area contributed by atoms with Crippen molar-refractivity contribution in [3.05, 3.63) is 29.8 Å². The van der Waals surface area contributed by atoms with Crippen molar-refractivity contribution < 1.29 is 19.4 Å². The molecule has 1 N–H and O–H groups in total. The van der Waals surface area contributed by atoms with Crippen LogP contribution in [0, 0.1) is 18.3 Å². The van der Waals surface area contributed by atoms with E-state index in [2.05, 4.69) is 0 Å². The summed E-state index contributed by atoms with van der Waals surface area (Å²) in [7, 11) is 0. The molecule has 1 heterocycles. The summed E-state index contributed by atoms with van der Waals surface area (Å²) in [6.45, 7) is 8.39. The Hall–Kier alpha value is -2.04. The molecule has 2 unspecified atom stereocenters. The molecule has 1 aromatic carbocycles. The van der Waals surface area contributed by atoms with Crippen molar-refractivity contribution >= 4 is 11.9 Å². The maximum Gasteiger partial charge on any atom is 0.311 e. The quantitative estimate of drug-likeness (QED) is 0.868. The minimum absolute atomic E-state index is 0.0230. The monoisotopic (exact) mass is 333 g/mol. The number of amides is 1. The summed E-state index contributed by atoms with van der Waals surface area (Å²) in [6, 6.07) is 7.60. The summed E-state index contributed by atoms with van der Waals surface area (Å²) in [4.78, 5) is 26.2. The van der Waals surface area contributed by atoms with Gasteiger partial charge in [0.25, 0.3) is 5.91 Å². The highest BCUT2D eigenvalue weighted by Crippen LogP contribution is 2.38. The van der Waals surface area contributed by atoms with Gasteiger partial charge in [0.05, 0.1) is 5.41 Å². The molecule has 2 atom stereocenters. The van der Waals surface area contributed by atoms with Crippen molar-refractivity contribution in [2.24, 2.45) is 11.3 Å². The second kappa shape index (κ2) is 7.24. The van der Waals surface area contributed by atoms with Gasteiger partial charge in [-0.3, -0.25) is 9.59 Å². The first-order valence-corrected chi connectivity index (χ1v) is 8.56. The van der Waals surface area contributed by atoms with Gasteiger partial charge in [0, 0.05) is 13.1 Å². The molecule has 1 amide bonds. The molecule has 0 spiro atoms. The average Bonchev–Trinajstić information content (AvgIpc) is 3.00. The number of benzene rings is 1. The molecule has 0 saturated carbocycles. The Balaban J connectivity index is 2.12. The van der Waals surface area contributed by atoms with Crippen LogP contribution in [0.4, 0.5) is 0 Å². The highest BCUT2D eigenvalue weighted by molar-refractivity contribution is 5.84. The van der Waals surface area contributed by atoms with Gasteiger partial charge in [-0.05, 0) is 37.3 Å². The molecule has 1 aromatic rings. The fourth-order valence-electron chi connectivity index (χ4n) is 3.27. The van der Waals surface area contributed by atoms with Crippen molar-refractivity contribution in [3.63, 3.8) is 0 Å². The normalized spacial score (nSPS) is 21.8. The van der Waals surface area contributed by atoms with Gasteiger partial charge in [-0.25, -0.2) is 0 Å². The van der Waals surface area contributed by atoms with E-state index >= 15 is 0 Å². The van der Waals surface area contributed by atoms with Crippen molar-refractivity contribution in [3.8, 4) is 5.75 Å². The molecule has 1 saturated heterocycles. The van der Waals surface area contributed by atoms with Gasteiger partial charge < -0.3 is 14.7 Å². The number of hydrogen-bond donors (Lipinski definition) is 1. The molecule has 0 aromatic heterocycles. The highest BCUT2D eigenvalue weighted by Gasteiger charge is 2.49. The van der Waals surface area contributed by atoms with Crippen molar-refractivity contribution in [1.29, 1.82) is 0 Å². The van der Waals surface area contributed by atoms with Gasteiger partial charge in [-0.15, -0.1) is 0 Å². The SMILES string of the molecule is CCC(Oc1ccccc1C)C(=O)N1CCC(C(=O)O)(C(C)C)C1. The number of carboxylic acid groups (broad SMARTS) is 1. The number of carboxylic acids is 1. The predicted molar refractivity (Wildman–Crippen MR) is 92.0 cm³/mol. The fourth-order valence-corrected chi connectivity index (χ4v) is 3.27. The molecular formula is C19H27NO4. The Labute approximate surface area is 143 Å². The van der Waals surface area contributed by atoms with E-state index in [9.17, 15) is 14.7 Å². The van der Waals surface area contributed by atoms with Crippen molar-refractivity contribution in [2.45, 2.75) is 46.6 Å². The third kappa shape index (κ3) is 3.40. The van der Waals surface area contributed by atoms with E-state index in [1.165, 1.54) is 0 Å². The van der Waals surface area contributed by atoms with E-state index in [1.54, 1.807) is 4.90 Å². The number of rotatable bonds is 6. The van der Waals surface area contributed by atoms with E-state index in [0.29, 0.717) is 25.1 Å². The van der Waals surface area contributed by atoms with E-state index in [1.807, 2.05) is 52.0 Å². The zero-order valence-corrected chi connectivity index (χ0v) is 14.9. The summed E-state index contributed by atoms with van der Waals surface area (Å²) in [5.41, 5.74) is 0.128. The highest BCUT2D eigenvalue weighted by atomic mass is 16.5. The second-order valence-electron chi connectivity index (χ2n) is 6.91. The first-order chi connectivity index (χ1) is 11.3. The lowest BCUT2D eigenvalue weighted by molar-refractivity contribution is -0.151. The number of nitrogens with zero attached hydrogens (tertiary/aromatic N) is 1. The molecule has 5 nitrogen and oxygen atoms in total. The molecule has 1 fully saturated rings. The number of likely N-dealkylation sites (tertiary alicyclic amines) is 1. The summed E-state index contributed by atoms with van der Waals surface area (Å²) < 4.78 is 5.92. The molecule has 0 radical (unpaired) electrons. The van der Waals surface area contributed by atoms with E-state index < -0.39 is 17.5 Å². The lowest BCUT2D eigenvalue weighted by Crippen LogP contribution is -2.44. The third-order valence-corrected chi connectivity index (χ3v) is 5.15. The van der Waals surface area contributed by atoms with Crippen LogP contribution in [0.2, 0.25) is 0 Å². The van der Waals surface area contributed by atoms with E-state index in [0.717, 1.165) is 5.56 Å². The van der Waals surface area contributed by atoms with Gasteiger partial charge in [-0.1, -0.05) is 39.0 Å². The largest absolute Gasteiger partial charge is 0.481 e. The summed E-state index contributed by atoms with van der Waals surface area (Å²) in [5.74, 6) is -0.263. The van der Waals surface area contributed by atoms with Gasteiger partial charge in [0.2, 0.25) is 0 Å². The summed E-state index contributed by atoms with van der Waals surface area (Å²) >= 11 is 0. The Kier molecular flexibility index (Phi) is 5.52. The maximum absolute atomic E-state index is 12.8. The molecule has 0 bridgehead atoms. The topological polar surface area (TPSA) is 66.8 Å². The van der Waals surface area contributed by atoms with Crippen LogP contribution in [-0.2, 0) is 9.59 Å². The van der Waals surface area contributed by atoms with Crippen LogP contribution in [0.3, 0.4) is 0 Å². The van der Waals surface area contributed by atoms with Crippen LogP contribution in [0.5, 0.6) is 5.75 Å². The molecule has 24 heavy (non-hydrogen) atoms. The zero-order valence-electron chi connectivity index (χ0n) is 14.9. The van der Waals surface area contributed by atoms with Crippen LogP contribution >= 0.6 is 0 Å². The maximum atomic E-state index is 12.8. The fraction of sp³-hybridized carbons (Fsp3) is 0.579. The first kappa shape index (κ1) is 18.3. The molecule has 1 aliphatic rings. The van der Waals surface area contributed by atoms with Crippen LogP contribution < -0.4 is 4.74 Å². The van der Waals surface area contributed by atoms with Gasteiger partial charge in [0.15, 0.2) is 6.10 Å². The van der Waals surface area contributed by atoms with Gasteiger partial charge in [0.1, 0.15) is 5.75 Å². The average molecular weight is 333 g/mol. The minimum atomic E-state index is -0.851. The van der Waals surface area contributed by atoms with Crippen molar-refractivity contribution in [1.82, 2.24) is 4.90 Å². The first-order valence-electron chi connectivity index (χ1n) is 8.56. The Morgan fingerprint density at radius 2 is 2.00 bits per heavy atom. The standard InChI is InChI=1S/C19H27NO4/c1-5-15(24-16-9-7-6-8-14(16)4)17(21)20-11-10-19(12-20,13(2)3)18(22)23/h6-9,13,15H,5,10-12H2,1-4H3,(H,22,23). The number of ether oxygens (including phenoxy) is 1. The number of aryl methyl sites for hydroxylation is 1. The molecule has 2 rings (SSSR count). The molecule has 0 aliphatic carbocycles. The summed E-state index contributed by atoms with van der Waals surface area (Å²) in [6.07, 6.45) is 0.459. The smallest absolute Gasteiger partial charge is 0.311 e. The zero-order chi connectivity index (χ0) is 17.9. The van der Waals surface area contributed by atoms with Crippen LogP contribution in [0.15, 0.2) is 24.3 Å². The number of carbonyl (C=O) groups excluding carboxylic acids is 1. The lowest BCUT2D eigenvalue weighted by atomic mass is 9.76. The minimum Gasteiger partial charge on any atom is -0.481 e. The predicted octanol–water partition coefficient (Wildman–Crippen LogP) is 3.11. The van der Waals surface area contributed by atoms with Crippen LogP contribution in [0.1, 0.15) is 39.2 Å². The number of carbonyl (C=O) groups is 2. The van der Waals surface area contributed by atoms with E-state index in [-0.39, 0.29) is 18.4 Å². The number of para-hydroxylation sites is 1. The lowest BCUT2D eigenvalue weighted by Gasteiger charge is -2.30.